The van der Waals surface area contributed by atoms with Crippen molar-refractivity contribution in [2.24, 2.45) is 11.8 Å². The molecule has 1 rings (SSSR count). The molecular formula is C17H29Cl. The topological polar surface area (TPSA) is 0 Å². The van der Waals surface area contributed by atoms with E-state index in [1.165, 1.54) is 57.8 Å². The molecule has 0 N–H and O–H groups in total. The molecule has 1 heteroatoms. The third-order valence-corrected chi connectivity index (χ3v) is 4.40. The van der Waals surface area contributed by atoms with Gasteiger partial charge in [0.15, 0.2) is 0 Å². The Morgan fingerprint density at radius 3 is 2.61 bits per heavy atom. The highest BCUT2D eigenvalue weighted by molar-refractivity contribution is 6.17. The van der Waals surface area contributed by atoms with Crippen LogP contribution in [0.1, 0.15) is 64.7 Å². The highest BCUT2D eigenvalue weighted by Crippen LogP contribution is 2.36. The first-order chi connectivity index (χ1) is 8.74. The summed E-state index contributed by atoms with van der Waals surface area (Å²) < 4.78 is 0. The summed E-state index contributed by atoms with van der Waals surface area (Å²) >= 11 is 5.79. The maximum absolute atomic E-state index is 5.79. The normalized spacial score (nSPS) is 18.6. The van der Waals surface area contributed by atoms with Gasteiger partial charge in [-0.1, -0.05) is 62.8 Å². The molecule has 0 heterocycles. The van der Waals surface area contributed by atoms with E-state index in [-0.39, 0.29) is 0 Å². The van der Waals surface area contributed by atoms with Gasteiger partial charge in [0.2, 0.25) is 0 Å². The first-order valence-electron chi connectivity index (χ1n) is 7.62. The number of rotatable bonds is 9. The summed E-state index contributed by atoms with van der Waals surface area (Å²) in [5.41, 5.74) is 1.16. The van der Waals surface area contributed by atoms with E-state index in [4.69, 9.17) is 11.6 Å². The summed E-state index contributed by atoms with van der Waals surface area (Å²) in [5, 5.41) is 0. The Hall–Kier alpha value is -0.230. The second kappa shape index (κ2) is 9.67. The molecule has 1 saturated carbocycles. The SMILES string of the molecule is C=C(C)/C=C/CCC(CCCCCl)C1CCCC1. The summed E-state index contributed by atoms with van der Waals surface area (Å²) in [7, 11) is 0. The van der Waals surface area contributed by atoms with Crippen LogP contribution in [0.3, 0.4) is 0 Å². The van der Waals surface area contributed by atoms with Crippen molar-refractivity contribution in [3.63, 3.8) is 0 Å². The molecule has 1 aliphatic rings. The first-order valence-corrected chi connectivity index (χ1v) is 8.15. The minimum absolute atomic E-state index is 0.826. The first kappa shape index (κ1) is 15.8. The molecular weight excluding hydrogens is 240 g/mol. The van der Waals surface area contributed by atoms with Crippen LogP contribution in [0.4, 0.5) is 0 Å². The van der Waals surface area contributed by atoms with Crippen LogP contribution in [0.25, 0.3) is 0 Å². The van der Waals surface area contributed by atoms with E-state index in [1.54, 1.807) is 0 Å². The van der Waals surface area contributed by atoms with E-state index >= 15 is 0 Å². The fraction of sp³-hybridized carbons (Fsp3) is 0.765. The fourth-order valence-electron chi connectivity index (χ4n) is 3.14. The standard InChI is InChI=1S/C17H29Cl/c1-15(2)9-3-4-10-17(13-7-8-14-18)16-11-5-6-12-16/h3,9,16-17H,1,4-8,10-14H2,2H3/b9-3+. The molecule has 1 atom stereocenters. The summed E-state index contributed by atoms with van der Waals surface area (Å²) in [6.07, 6.45) is 16.8. The molecule has 0 spiro atoms. The van der Waals surface area contributed by atoms with Gasteiger partial charge in [-0.2, -0.15) is 0 Å². The highest BCUT2D eigenvalue weighted by atomic mass is 35.5. The molecule has 0 aromatic rings. The smallest absolute Gasteiger partial charge is 0.0223 e. The zero-order valence-corrected chi connectivity index (χ0v) is 12.7. The van der Waals surface area contributed by atoms with E-state index in [0.29, 0.717) is 0 Å². The van der Waals surface area contributed by atoms with Gasteiger partial charge in [0.1, 0.15) is 0 Å². The molecule has 0 aromatic heterocycles. The second-order valence-corrected chi connectivity index (χ2v) is 6.19. The molecule has 0 bridgehead atoms. The van der Waals surface area contributed by atoms with Crippen molar-refractivity contribution in [1.82, 2.24) is 0 Å². The maximum Gasteiger partial charge on any atom is 0.0223 e. The average Bonchev–Trinajstić information content (AvgIpc) is 2.85. The Kier molecular flexibility index (Phi) is 8.50. The van der Waals surface area contributed by atoms with Gasteiger partial charge in [-0.15, -0.1) is 11.6 Å². The molecule has 0 radical (unpaired) electrons. The van der Waals surface area contributed by atoms with E-state index in [9.17, 15) is 0 Å². The lowest BCUT2D eigenvalue weighted by atomic mass is 9.83. The zero-order chi connectivity index (χ0) is 13.2. The number of alkyl halides is 1. The van der Waals surface area contributed by atoms with Crippen LogP contribution in [0.2, 0.25) is 0 Å². The van der Waals surface area contributed by atoms with Crippen LogP contribution < -0.4 is 0 Å². The minimum atomic E-state index is 0.826. The van der Waals surface area contributed by atoms with Gasteiger partial charge in [-0.05, 0) is 38.0 Å². The van der Waals surface area contributed by atoms with Crippen LogP contribution >= 0.6 is 11.6 Å². The Labute approximate surface area is 118 Å². The van der Waals surface area contributed by atoms with Gasteiger partial charge in [0, 0.05) is 5.88 Å². The molecule has 1 aliphatic carbocycles. The molecule has 0 saturated heterocycles. The van der Waals surface area contributed by atoms with Gasteiger partial charge >= 0.3 is 0 Å². The molecule has 0 nitrogen and oxygen atoms in total. The summed E-state index contributed by atoms with van der Waals surface area (Å²) in [5.74, 6) is 2.76. The summed E-state index contributed by atoms with van der Waals surface area (Å²) in [6, 6.07) is 0. The lowest BCUT2D eigenvalue weighted by Crippen LogP contribution is -2.11. The highest BCUT2D eigenvalue weighted by Gasteiger charge is 2.23. The minimum Gasteiger partial charge on any atom is -0.127 e. The number of halogens is 1. The second-order valence-electron chi connectivity index (χ2n) is 5.82. The summed E-state index contributed by atoms with van der Waals surface area (Å²) in [4.78, 5) is 0. The predicted octanol–water partition coefficient (Wildman–Crippen LogP) is 6.11. The Balaban J connectivity index is 2.31. The van der Waals surface area contributed by atoms with Gasteiger partial charge in [-0.3, -0.25) is 0 Å². The number of unbranched alkanes of at least 4 members (excludes halogenated alkanes) is 1. The van der Waals surface area contributed by atoms with Crippen LogP contribution in [-0.2, 0) is 0 Å². The largest absolute Gasteiger partial charge is 0.127 e. The Morgan fingerprint density at radius 2 is 2.00 bits per heavy atom. The molecule has 1 unspecified atom stereocenters. The third kappa shape index (κ3) is 6.64. The van der Waals surface area contributed by atoms with Crippen molar-refractivity contribution in [1.29, 1.82) is 0 Å². The maximum atomic E-state index is 5.79. The lowest BCUT2D eigenvalue weighted by Gasteiger charge is -2.22. The number of allylic oxidation sites excluding steroid dienone is 3. The van der Waals surface area contributed by atoms with Gasteiger partial charge < -0.3 is 0 Å². The monoisotopic (exact) mass is 268 g/mol. The number of hydrogen-bond donors (Lipinski definition) is 0. The van der Waals surface area contributed by atoms with Crippen LogP contribution in [-0.4, -0.2) is 5.88 Å². The lowest BCUT2D eigenvalue weighted by molar-refractivity contribution is 0.294. The average molecular weight is 269 g/mol. The predicted molar refractivity (Wildman–Crippen MR) is 83.2 cm³/mol. The van der Waals surface area contributed by atoms with E-state index in [1.807, 2.05) is 0 Å². The zero-order valence-electron chi connectivity index (χ0n) is 12.0. The van der Waals surface area contributed by atoms with E-state index in [2.05, 4.69) is 25.7 Å². The van der Waals surface area contributed by atoms with Crippen molar-refractivity contribution in [2.45, 2.75) is 64.7 Å². The third-order valence-electron chi connectivity index (χ3n) is 4.13. The molecule has 18 heavy (non-hydrogen) atoms. The van der Waals surface area contributed by atoms with Crippen molar-refractivity contribution in [3.8, 4) is 0 Å². The molecule has 0 aromatic carbocycles. The van der Waals surface area contributed by atoms with E-state index in [0.717, 1.165) is 23.3 Å². The van der Waals surface area contributed by atoms with Gasteiger partial charge in [0.05, 0.1) is 0 Å². The van der Waals surface area contributed by atoms with Gasteiger partial charge in [-0.25, -0.2) is 0 Å². The van der Waals surface area contributed by atoms with Crippen molar-refractivity contribution < 1.29 is 0 Å². The fourth-order valence-corrected chi connectivity index (χ4v) is 3.33. The number of hydrogen-bond acceptors (Lipinski definition) is 0. The summed E-state index contributed by atoms with van der Waals surface area (Å²) in [6.45, 7) is 5.97. The van der Waals surface area contributed by atoms with Crippen molar-refractivity contribution in [3.05, 3.63) is 24.3 Å². The van der Waals surface area contributed by atoms with E-state index < -0.39 is 0 Å². The van der Waals surface area contributed by atoms with Gasteiger partial charge in [0.25, 0.3) is 0 Å². The van der Waals surface area contributed by atoms with Crippen molar-refractivity contribution >= 4 is 11.6 Å². The Bertz CT molecular complexity index is 248. The van der Waals surface area contributed by atoms with Crippen LogP contribution in [0, 0.1) is 11.8 Å². The van der Waals surface area contributed by atoms with Crippen LogP contribution in [0.5, 0.6) is 0 Å². The van der Waals surface area contributed by atoms with Crippen molar-refractivity contribution in [2.75, 3.05) is 5.88 Å². The molecule has 0 aliphatic heterocycles. The molecule has 0 amide bonds. The molecule has 1 fully saturated rings. The molecule has 104 valence electrons. The van der Waals surface area contributed by atoms with Crippen LogP contribution in [0.15, 0.2) is 24.3 Å². The quantitative estimate of drug-likeness (QED) is 0.269. The Morgan fingerprint density at radius 1 is 1.28 bits per heavy atom.